The van der Waals surface area contributed by atoms with Crippen molar-refractivity contribution in [1.29, 1.82) is 5.26 Å². The molecular formula is C29H25N3O2. The zero-order valence-electron chi connectivity index (χ0n) is 19.0. The Bertz CT molecular complexity index is 1340. The standard InChI is InChI=1S/C29H25N3O2/c1-29(15-13-22(14-16-29)21-11-9-20(19-30)10-12-21)31-17-4-18-32-27(33)24-7-2-5-23-6-3-8-25(26(23)24)28(32)34/h2-3,5-15,31H,4,16-18H2,1H3. The number of hydrogen-bond donors (Lipinski definition) is 1. The molecule has 5 nitrogen and oxygen atoms in total. The first-order valence-corrected chi connectivity index (χ1v) is 11.5. The molecule has 0 radical (unpaired) electrons. The summed E-state index contributed by atoms with van der Waals surface area (Å²) in [5.74, 6) is -0.430. The molecule has 0 saturated heterocycles. The minimum atomic E-state index is -0.215. The Labute approximate surface area is 199 Å². The first kappa shape index (κ1) is 21.8. The summed E-state index contributed by atoms with van der Waals surface area (Å²) in [4.78, 5) is 27.4. The third-order valence-electron chi connectivity index (χ3n) is 6.67. The van der Waals surface area contributed by atoms with Crippen molar-refractivity contribution in [2.75, 3.05) is 13.1 Å². The molecule has 1 aliphatic carbocycles. The number of nitrogens with zero attached hydrogens (tertiary/aromatic N) is 2. The molecule has 1 N–H and O–H groups in total. The summed E-state index contributed by atoms with van der Waals surface area (Å²) in [7, 11) is 0. The summed E-state index contributed by atoms with van der Waals surface area (Å²) in [6.07, 6.45) is 7.96. The number of carbonyl (C=O) groups excluding carboxylic acids is 2. The van der Waals surface area contributed by atoms with E-state index in [2.05, 4.69) is 36.5 Å². The van der Waals surface area contributed by atoms with Crippen LogP contribution in [0.5, 0.6) is 0 Å². The Kier molecular flexibility index (Phi) is 5.61. The maximum Gasteiger partial charge on any atom is 0.261 e. The molecule has 2 aliphatic rings. The summed E-state index contributed by atoms with van der Waals surface area (Å²) in [6, 6.07) is 20.9. The fourth-order valence-corrected chi connectivity index (χ4v) is 4.71. The Balaban J connectivity index is 1.19. The van der Waals surface area contributed by atoms with Crippen molar-refractivity contribution < 1.29 is 9.59 Å². The number of imide groups is 1. The van der Waals surface area contributed by atoms with E-state index < -0.39 is 0 Å². The second kappa shape index (κ2) is 8.74. The Morgan fingerprint density at radius 1 is 1.00 bits per heavy atom. The molecule has 1 aliphatic heterocycles. The predicted molar refractivity (Wildman–Crippen MR) is 133 cm³/mol. The topological polar surface area (TPSA) is 73.2 Å². The number of carbonyl (C=O) groups is 2. The van der Waals surface area contributed by atoms with Crippen molar-refractivity contribution >= 4 is 28.2 Å². The summed E-state index contributed by atoms with van der Waals surface area (Å²) in [6.45, 7) is 3.20. The predicted octanol–water partition coefficient (Wildman–Crippen LogP) is 5.09. The number of amides is 2. The second-order valence-corrected chi connectivity index (χ2v) is 9.06. The van der Waals surface area contributed by atoms with E-state index >= 15 is 0 Å². The zero-order chi connectivity index (χ0) is 23.7. The van der Waals surface area contributed by atoms with Gasteiger partial charge in [0.1, 0.15) is 0 Å². The zero-order valence-corrected chi connectivity index (χ0v) is 19.0. The van der Waals surface area contributed by atoms with Crippen LogP contribution in [0.4, 0.5) is 0 Å². The Morgan fingerprint density at radius 2 is 1.68 bits per heavy atom. The van der Waals surface area contributed by atoms with Crippen molar-refractivity contribution in [3.8, 4) is 6.07 Å². The van der Waals surface area contributed by atoms with Gasteiger partial charge >= 0.3 is 0 Å². The van der Waals surface area contributed by atoms with Gasteiger partial charge in [0.25, 0.3) is 11.8 Å². The van der Waals surface area contributed by atoms with Crippen LogP contribution in [-0.4, -0.2) is 35.3 Å². The van der Waals surface area contributed by atoms with E-state index in [1.807, 2.05) is 48.5 Å². The first-order valence-electron chi connectivity index (χ1n) is 11.5. The fraction of sp³-hybridized carbons (Fsp3) is 0.207. The molecule has 0 aromatic heterocycles. The molecule has 3 aromatic rings. The third kappa shape index (κ3) is 3.93. The molecule has 2 amide bonds. The highest BCUT2D eigenvalue weighted by Gasteiger charge is 2.32. The quantitative estimate of drug-likeness (QED) is 0.422. The molecule has 1 unspecified atom stereocenters. The fourth-order valence-electron chi connectivity index (χ4n) is 4.71. The maximum atomic E-state index is 13.0. The average molecular weight is 448 g/mol. The number of allylic oxidation sites excluding steroid dienone is 2. The van der Waals surface area contributed by atoms with Crippen LogP contribution in [0.25, 0.3) is 16.3 Å². The highest BCUT2D eigenvalue weighted by atomic mass is 16.2. The molecular weight excluding hydrogens is 422 g/mol. The molecule has 0 saturated carbocycles. The van der Waals surface area contributed by atoms with E-state index in [4.69, 9.17) is 5.26 Å². The number of nitrogens with one attached hydrogen (secondary N) is 1. The van der Waals surface area contributed by atoms with Crippen LogP contribution in [0.3, 0.4) is 0 Å². The van der Waals surface area contributed by atoms with Gasteiger partial charge in [0.15, 0.2) is 0 Å². The van der Waals surface area contributed by atoms with Crippen LogP contribution >= 0.6 is 0 Å². The van der Waals surface area contributed by atoms with Crippen LogP contribution < -0.4 is 5.32 Å². The summed E-state index contributed by atoms with van der Waals surface area (Å²) >= 11 is 0. The number of rotatable bonds is 6. The molecule has 5 rings (SSSR count). The highest BCUT2D eigenvalue weighted by Crippen LogP contribution is 2.30. The summed E-state index contributed by atoms with van der Waals surface area (Å²) in [5.41, 5.74) is 3.90. The van der Waals surface area contributed by atoms with Crippen LogP contribution in [0, 0.1) is 11.3 Å². The lowest BCUT2D eigenvalue weighted by Crippen LogP contribution is -2.44. The van der Waals surface area contributed by atoms with Crippen molar-refractivity contribution in [2.45, 2.75) is 25.3 Å². The molecule has 1 heterocycles. The lowest BCUT2D eigenvalue weighted by molar-refractivity contribution is 0.0608. The molecule has 0 spiro atoms. The van der Waals surface area contributed by atoms with Gasteiger partial charge in [-0.15, -0.1) is 0 Å². The Hall–Kier alpha value is -4.01. The van der Waals surface area contributed by atoms with Crippen molar-refractivity contribution in [3.63, 3.8) is 0 Å². The summed E-state index contributed by atoms with van der Waals surface area (Å²) in [5, 5.41) is 14.2. The van der Waals surface area contributed by atoms with Gasteiger partial charge in [-0.05, 0) is 67.1 Å². The normalized spacial score (nSPS) is 19.3. The van der Waals surface area contributed by atoms with Crippen molar-refractivity contribution in [1.82, 2.24) is 10.2 Å². The van der Waals surface area contributed by atoms with Gasteiger partial charge in [0.05, 0.1) is 11.6 Å². The lowest BCUT2D eigenvalue weighted by atomic mass is 9.88. The van der Waals surface area contributed by atoms with Gasteiger partial charge in [-0.25, -0.2) is 0 Å². The van der Waals surface area contributed by atoms with Crippen LogP contribution in [0.15, 0.2) is 78.9 Å². The van der Waals surface area contributed by atoms with E-state index in [0.29, 0.717) is 36.2 Å². The second-order valence-electron chi connectivity index (χ2n) is 9.06. The number of nitriles is 1. The van der Waals surface area contributed by atoms with Gasteiger partial charge in [0, 0.05) is 28.6 Å². The molecule has 34 heavy (non-hydrogen) atoms. The smallest absolute Gasteiger partial charge is 0.261 e. The summed E-state index contributed by atoms with van der Waals surface area (Å²) < 4.78 is 0. The van der Waals surface area contributed by atoms with Crippen molar-refractivity contribution in [2.24, 2.45) is 0 Å². The highest BCUT2D eigenvalue weighted by molar-refractivity contribution is 6.25. The van der Waals surface area contributed by atoms with E-state index in [9.17, 15) is 9.59 Å². The van der Waals surface area contributed by atoms with Gasteiger partial charge in [-0.1, -0.05) is 54.6 Å². The number of benzene rings is 3. The van der Waals surface area contributed by atoms with E-state index in [1.54, 1.807) is 12.1 Å². The van der Waals surface area contributed by atoms with E-state index in [0.717, 1.165) is 28.3 Å². The molecule has 168 valence electrons. The lowest BCUT2D eigenvalue weighted by Gasteiger charge is -2.31. The van der Waals surface area contributed by atoms with Gasteiger partial charge in [-0.2, -0.15) is 5.26 Å². The monoisotopic (exact) mass is 447 g/mol. The first-order chi connectivity index (χ1) is 16.5. The van der Waals surface area contributed by atoms with Crippen molar-refractivity contribution in [3.05, 3.63) is 101 Å². The largest absolute Gasteiger partial charge is 0.308 e. The SMILES string of the molecule is CC1(NCCCN2C(=O)c3cccc4cccc(c34)C2=O)C=CC(c2ccc(C#N)cc2)=CC1. The molecule has 5 heteroatoms. The third-order valence-corrected chi connectivity index (χ3v) is 6.67. The molecule has 0 fully saturated rings. The minimum absolute atomic E-state index is 0.190. The van der Waals surface area contributed by atoms with Crippen LogP contribution in [-0.2, 0) is 0 Å². The van der Waals surface area contributed by atoms with Gasteiger partial charge in [-0.3, -0.25) is 14.5 Å². The van der Waals surface area contributed by atoms with Crippen LogP contribution in [0.2, 0.25) is 0 Å². The van der Waals surface area contributed by atoms with Crippen LogP contribution in [0.1, 0.15) is 51.6 Å². The number of hydrogen-bond acceptors (Lipinski definition) is 4. The maximum absolute atomic E-state index is 13.0. The molecule has 3 aromatic carbocycles. The van der Waals surface area contributed by atoms with Gasteiger partial charge < -0.3 is 5.32 Å². The Morgan fingerprint density at radius 3 is 2.26 bits per heavy atom. The average Bonchev–Trinajstić information content (AvgIpc) is 2.87. The van der Waals surface area contributed by atoms with Gasteiger partial charge in [0.2, 0.25) is 0 Å². The molecule has 0 bridgehead atoms. The van der Waals surface area contributed by atoms with E-state index in [1.165, 1.54) is 4.90 Å². The van der Waals surface area contributed by atoms with E-state index in [-0.39, 0.29) is 17.4 Å². The minimum Gasteiger partial charge on any atom is -0.308 e. The molecule has 1 atom stereocenters.